The van der Waals surface area contributed by atoms with Gasteiger partial charge in [0.1, 0.15) is 6.54 Å². The Hall–Kier alpha value is -1.76. The van der Waals surface area contributed by atoms with E-state index in [0.29, 0.717) is 21.4 Å². The fourth-order valence-corrected chi connectivity index (χ4v) is 3.50. The molecule has 0 aliphatic rings. The molecule has 134 valence electrons. The monoisotopic (exact) mass is 400 g/mol. The fraction of sp³-hybridized carbons (Fsp3) is 0.235. The lowest BCUT2D eigenvalue weighted by Crippen LogP contribution is -2.38. The minimum absolute atomic E-state index is 0.300. The predicted octanol–water partition coefficient (Wildman–Crippen LogP) is 4.01. The first-order valence-corrected chi connectivity index (χ1v) is 9.99. The molecule has 0 atom stereocenters. The third-order valence-electron chi connectivity index (χ3n) is 3.74. The minimum Gasteiger partial charge on any atom is -0.324 e. The van der Waals surface area contributed by atoms with Crippen molar-refractivity contribution >= 4 is 50.5 Å². The third-order valence-corrected chi connectivity index (χ3v) is 5.60. The summed E-state index contributed by atoms with van der Waals surface area (Å²) in [6.45, 7) is 3.36. The van der Waals surface area contributed by atoms with E-state index < -0.39 is 15.9 Å². The highest BCUT2D eigenvalue weighted by molar-refractivity contribution is 7.92. The van der Waals surface area contributed by atoms with Gasteiger partial charge in [0.15, 0.2) is 0 Å². The van der Waals surface area contributed by atoms with Gasteiger partial charge >= 0.3 is 0 Å². The summed E-state index contributed by atoms with van der Waals surface area (Å²) in [6.07, 6.45) is 1.07. The predicted molar refractivity (Wildman–Crippen MR) is 103 cm³/mol. The smallest absolute Gasteiger partial charge is 0.245 e. The first kappa shape index (κ1) is 19.6. The largest absolute Gasteiger partial charge is 0.324 e. The number of aryl methyl sites for hydroxylation is 1. The highest BCUT2D eigenvalue weighted by atomic mass is 35.5. The van der Waals surface area contributed by atoms with Crippen LogP contribution in [0.5, 0.6) is 0 Å². The molecule has 0 aliphatic carbocycles. The zero-order chi connectivity index (χ0) is 18.8. The van der Waals surface area contributed by atoms with E-state index in [0.717, 1.165) is 21.7 Å². The molecule has 0 aromatic heterocycles. The molecule has 0 radical (unpaired) electrons. The molecule has 0 unspecified atom stereocenters. The molecule has 2 rings (SSSR count). The fourth-order valence-electron chi connectivity index (χ4n) is 2.29. The van der Waals surface area contributed by atoms with Crippen LogP contribution in [0.4, 0.5) is 11.4 Å². The van der Waals surface area contributed by atoms with Crippen molar-refractivity contribution < 1.29 is 13.2 Å². The van der Waals surface area contributed by atoms with Gasteiger partial charge in [-0.2, -0.15) is 0 Å². The van der Waals surface area contributed by atoms with Crippen LogP contribution in [-0.4, -0.2) is 27.1 Å². The molecule has 0 fully saturated rings. The Kier molecular flexibility index (Phi) is 5.98. The van der Waals surface area contributed by atoms with Crippen molar-refractivity contribution in [3.05, 3.63) is 57.6 Å². The summed E-state index contributed by atoms with van der Waals surface area (Å²) in [4.78, 5) is 12.3. The van der Waals surface area contributed by atoms with E-state index in [1.807, 2.05) is 19.9 Å². The van der Waals surface area contributed by atoms with Gasteiger partial charge in [0.25, 0.3) is 0 Å². The number of hydrogen-bond donors (Lipinski definition) is 1. The van der Waals surface area contributed by atoms with Crippen molar-refractivity contribution in [3.8, 4) is 0 Å². The van der Waals surface area contributed by atoms with Crippen molar-refractivity contribution in [2.75, 3.05) is 22.4 Å². The summed E-state index contributed by atoms with van der Waals surface area (Å²) in [5.41, 5.74) is 2.66. The van der Waals surface area contributed by atoms with E-state index >= 15 is 0 Å². The van der Waals surface area contributed by atoms with Gasteiger partial charge in [-0.25, -0.2) is 8.42 Å². The maximum atomic E-state index is 12.3. The summed E-state index contributed by atoms with van der Waals surface area (Å²) < 4.78 is 25.5. The van der Waals surface area contributed by atoms with Crippen LogP contribution in [-0.2, 0) is 14.8 Å². The van der Waals surface area contributed by atoms with E-state index in [9.17, 15) is 13.2 Å². The Balaban J connectivity index is 2.27. The Labute approximate surface area is 157 Å². The number of halogens is 2. The SMILES string of the molecule is Cc1cccc(N(CC(=O)Nc2ccc(Cl)c(Cl)c2)S(C)(=O)=O)c1C. The van der Waals surface area contributed by atoms with Crippen LogP contribution < -0.4 is 9.62 Å². The van der Waals surface area contributed by atoms with Crippen LogP contribution in [0.3, 0.4) is 0 Å². The van der Waals surface area contributed by atoms with Crippen LogP contribution in [0, 0.1) is 13.8 Å². The lowest BCUT2D eigenvalue weighted by Gasteiger charge is -2.24. The maximum Gasteiger partial charge on any atom is 0.245 e. The molecule has 0 aliphatic heterocycles. The van der Waals surface area contributed by atoms with Crippen molar-refractivity contribution in [2.24, 2.45) is 0 Å². The normalized spacial score (nSPS) is 11.2. The van der Waals surface area contributed by atoms with Crippen LogP contribution in [0.15, 0.2) is 36.4 Å². The molecule has 2 aromatic rings. The van der Waals surface area contributed by atoms with Crippen LogP contribution in [0.25, 0.3) is 0 Å². The third kappa shape index (κ3) is 4.87. The second-order valence-corrected chi connectivity index (χ2v) is 8.39. The molecule has 0 saturated carbocycles. The highest BCUT2D eigenvalue weighted by Crippen LogP contribution is 2.26. The van der Waals surface area contributed by atoms with E-state index in [-0.39, 0.29) is 6.54 Å². The second-order valence-electron chi connectivity index (χ2n) is 5.67. The van der Waals surface area contributed by atoms with E-state index in [1.54, 1.807) is 24.3 Å². The van der Waals surface area contributed by atoms with Gasteiger partial charge in [-0.1, -0.05) is 35.3 Å². The highest BCUT2D eigenvalue weighted by Gasteiger charge is 2.23. The van der Waals surface area contributed by atoms with Crippen LogP contribution >= 0.6 is 23.2 Å². The molecule has 8 heteroatoms. The second kappa shape index (κ2) is 7.64. The van der Waals surface area contributed by atoms with Crippen LogP contribution in [0.1, 0.15) is 11.1 Å². The first-order chi connectivity index (χ1) is 11.6. The number of rotatable bonds is 5. The Bertz CT molecular complexity index is 914. The molecule has 0 heterocycles. The van der Waals surface area contributed by atoms with Crippen molar-refractivity contribution in [3.63, 3.8) is 0 Å². The van der Waals surface area contributed by atoms with Crippen molar-refractivity contribution in [2.45, 2.75) is 13.8 Å². The molecular weight excluding hydrogens is 383 g/mol. The van der Waals surface area contributed by atoms with E-state index in [4.69, 9.17) is 23.2 Å². The number of carbonyl (C=O) groups excluding carboxylic acids is 1. The average Bonchev–Trinajstić information content (AvgIpc) is 2.51. The number of benzene rings is 2. The molecule has 5 nitrogen and oxygen atoms in total. The molecule has 25 heavy (non-hydrogen) atoms. The zero-order valence-electron chi connectivity index (χ0n) is 14.0. The van der Waals surface area contributed by atoms with Gasteiger partial charge < -0.3 is 5.32 Å². The Morgan fingerprint density at radius 3 is 2.40 bits per heavy atom. The molecule has 0 bridgehead atoms. The van der Waals surface area contributed by atoms with E-state index in [2.05, 4.69) is 5.32 Å². The summed E-state index contributed by atoms with van der Waals surface area (Å²) >= 11 is 11.8. The number of nitrogens with zero attached hydrogens (tertiary/aromatic N) is 1. The van der Waals surface area contributed by atoms with Gasteiger partial charge in [0, 0.05) is 5.69 Å². The summed E-state index contributed by atoms with van der Waals surface area (Å²) in [7, 11) is -3.63. The first-order valence-electron chi connectivity index (χ1n) is 7.38. The molecule has 1 N–H and O–H groups in total. The summed E-state index contributed by atoms with van der Waals surface area (Å²) in [5, 5.41) is 3.30. The molecule has 0 spiro atoms. The van der Waals surface area contributed by atoms with Gasteiger partial charge in [0.05, 0.1) is 22.0 Å². The quantitative estimate of drug-likeness (QED) is 0.823. The Morgan fingerprint density at radius 1 is 1.12 bits per heavy atom. The van der Waals surface area contributed by atoms with Crippen LogP contribution in [0.2, 0.25) is 10.0 Å². The number of nitrogens with one attached hydrogen (secondary N) is 1. The number of anilines is 2. The lowest BCUT2D eigenvalue weighted by atomic mass is 10.1. The van der Waals surface area contributed by atoms with Gasteiger partial charge in [-0.15, -0.1) is 0 Å². The number of amides is 1. The van der Waals surface area contributed by atoms with Gasteiger partial charge in [-0.05, 0) is 49.2 Å². The minimum atomic E-state index is -3.63. The number of carbonyl (C=O) groups is 1. The molecule has 0 saturated heterocycles. The van der Waals surface area contributed by atoms with Gasteiger partial charge in [-0.3, -0.25) is 9.10 Å². The lowest BCUT2D eigenvalue weighted by molar-refractivity contribution is -0.114. The molecular formula is C17H18Cl2N2O3S. The maximum absolute atomic E-state index is 12.3. The number of hydrogen-bond acceptors (Lipinski definition) is 3. The Morgan fingerprint density at radius 2 is 1.80 bits per heavy atom. The van der Waals surface area contributed by atoms with E-state index in [1.165, 1.54) is 6.07 Å². The molecule has 2 aromatic carbocycles. The molecule has 1 amide bonds. The van der Waals surface area contributed by atoms with Gasteiger partial charge in [0.2, 0.25) is 15.9 Å². The zero-order valence-corrected chi connectivity index (χ0v) is 16.3. The summed E-state index contributed by atoms with van der Waals surface area (Å²) in [6, 6.07) is 9.97. The summed E-state index contributed by atoms with van der Waals surface area (Å²) in [5.74, 6) is -0.482. The van der Waals surface area contributed by atoms with Crippen molar-refractivity contribution in [1.29, 1.82) is 0 Å². The average molecular weight is 401 g/mol. The standard InChI is InChI=1S/C17H18Cl2N2O3S/c1-11-5-4-6-16(12(11)2)21(25(3,23)24)10-17(22)20-13-7-8-14(18)15(19)9-13/h4-9H,10H2,1-3H3,(H,20,22). The number of sulfonamides is 1. The topological polar surface area (TPSA) is 66.5 Å². The van der Waals surface area contributed by atoms with Crippen molar-refractivity contribution in [1.82, 2.24) is 0 Å².